The van der Waals surface area contributed by atoms with Crippen LogP contribution in [0, 0.1) is 0 Å². The van der Waals surface area contributed by atoms with Crippen LogP contribution in [-0.2, 0) is 17.6 Å². The van der Waals surface area contributed by atoms with Gasteiger partial charge in [-0.25, -0.2) is 0 Å². The lowest BCUT2D eigenvalue weighted by Gasteiger charge is -2.42. The first-order chi connectivity index (χ1) is 16.1. The van der Waals surface area contributed by atoms with E-state index in [9.17, 15) is 4.79 Å². The fourth-order valence-corrected chi connectivity index (χ4v) is 5.31. The first-order valence-electron chi connectivity index (χ1n) is 12.4. The zero-order chi connectivity index (χ0) is 22.8. The molecule has 2 aliphatic rings. The summed E-state index contributed by atoms with van der Waals surface area (Å²) in [6, 6.07) is 18.5. The molecule has 3 aromatic rings. The number of primary amides is 1. The molecule has 1 aliphatic heterocycles. The van der Waals surface area contributed by atoms with E-state index < -0.39 is 0 Å². The molecule has 1 aromatic heterocycles. The Morgan fingerprint density at radius 3 is 2.64 bits per heavy atom. The lowest BCUT2D eigenvalue weighted by molar-refractivity contribution is -0.118. The summed E-state index contributed by atoms with van der Waals surface area (Å²) in [5.41, 5.74) is 10.6. The van der Waals surface area contributed by atoms with Crippen LogP contribution >= 0.6 is 0 Å². The monoisotopic (exact) mass is 445 g/mol. The number of amides is 1. The van der Waals surface area contributed by atoms with Crippen molar-refractivity contribution >= 4 is 22.5 Å². The van der Waals surface area contributed by atoms with Crippen molar-refractivity contribution in [2.24, 2.45) is 5.73 Å². The van der Waals surface area contributed by atoms with Gasteiger partial charge in [-0.1, -0.05) is 37.3 Å². The van der Waals surface area contributed by atoms with Gasteiger partial charge in [-0.2, -0.15) is 5.10 Å². The molecule has 1 amide bonds. The summed E-state index contributed by atoms with van der Waals surface area (Å²) < 4.78 is 2.30. The third kappa shape index (κ3) is 4.62. The molecule has 2 aromatic carbocycles. The van der Waals surface area contributed by atoms with E-state index in [1.807, 2.05) is 0 Å². The fraction of sp³-hybridized carbons (Fsp3) is 0.481. The SMILES string of the molecule is CCc1nn(C2CCC2)c2cc(N3CCN(CCC(N)=O)C(Cc4ccccc4)C3)ccc12. The minimum atomic E-state index is -0.225. The average Bonchev–Trinajstić information content (AvgIpc) is 3.15. The van der Waals surface area contributed by atoms with Gasteiger partial charge < -0.3 is 10.6 Å². The molecule has 5 rings (SSSR count). The maximum Gasteiger partial charge on any atom is 0.218 e. The van der Waals surface area contributed by atoms with Crippen molar-refractivity contribution < 1.29 is 4.79 Å². The van der Waals surface area contributed by atoms with Crippen LogP contribution in [0.4, 0.5) is 5.69 Å². The highest BCUT2D eigenvalue weighted by atomic mass is 16.1. The smallest absolute Gasteiger partial charge is 0.218 e. The number of rotatable bonds is 8. The number of carbonyl (C=O) groups excluding carboxylic acids is 1. The maximum absolute atomic E-state index is 11.4. The van der Waals surface area contributed by atoms with E-state index >= 15 is 0 Å². The van der Waals surface area contributed by atoms with Gasteiger partial charge in [0.1, 0.15) is 0 Å². The second-order valence-electron chi connectivity index (χ2n) is 9.57. The molecule has 2 fully saturated rings. The molecule has 0 bridgehead atoms. The highest BCUT2D eigenvalue weighted by molar-refractivity contribution is 5.85. The van der Waals surface area contributed by atoms with Gasteiger partial charge in [0.15, 0.2) is 0 Å². The zero-order valence-electron chi connectivity index (χ0n) is 19.6. The number of fused-ring (bicyclic) bond motifs is 1. The van der Waals surface area contributed by atoms with Crippen LogP contribution in [-0.4, -0.2) is 52.8 Å². The summed E-state index contributed by atoms with van der Waals surface area (Å²) in [5.74, 6) is -0.225. The largest absolute Gasteiger partial charge is 0.370 e. The van der Waals surface area contributed by atoms with Gasteiger partial charge in [0.05, 0.1) is 17.3 Å². The molecule has 6 heteroatoms. The van der Waals surface area contributed by atoms with E-state index in [0.29, 0.717) is 18.5 Å². The number of piperazine rings is 1. The van der Waals surface area contributed by atoms with Crippen LogP contribution in [0.5, 0.6) is 0 Å². The maximum atomic E-state index is 11.4. The molecule has 33 heavy (non-hydrogen) atoms. The number of carbonyl (C=O) groups is 1. The van der Waals surface area contributed by atoms with E-state index in [0.717, 1.165) is 39.0 Å². The second kappa shape index (κ2) is 9.56. The average molecular weight is 446 g/mol. The first-order valence-corrected chi connectivity index (χ1v) is 12.4. The molecule has 6 nitrogen and oxygen atoms in total. The predicted molar refractivity (Wildman–Crippen MR) is 134 cm³/mol. The Labute approximate surface area is 196 Å². The van der Waals surface area contributed by atoms with Gasteiger partial charge in [0.2, 0.25) is 5.91 Å². The van der Waals surface area contributed by atoms with E-state index in [-0.39, 0.29) is 5.91 Å². The van der Waals surface area contributed by atoms with Crippen LogP contribution in [0.1, 0.15) is 49.9 Å². The summed E-state index contributed by atoms with van der Waals surface area (Å²) in [4.78, 5) is 16.4. The van der Waals surface area contributed by atoms with E-state index in [2.05, 4.69) is 69.9 Å². The number of anilines is 1. The quantitative estimate of drug-likeness (QED) is 0.570. The number of benzene rings is 2. The summed E-state index contributed by atoms with van der Waals surface area (Å²) in [6.07, 6.45) is 6.13. The van der Waals surface area contributed by atoms with Gasteiger partial charge in [-0.05, 0) is 55.9 Å². The Morgan fingerprint density at radius 2 is 1.94 bits per heavy atom. The van der Waals surface area contributed by atoms with Gasteiger partial charge in [0, 0.05) is 49.7 Å². The molecule has 1 saturated heterocycles. The molecule has 174 valence electrons. The molecule has 0 radical (unpaired) electrons. The lowest BCUT2D eigenvalue weighted by Crippen LogP contribution is -2.54. The van der Waals surface area contributed by atoms with Gasteiger partial charge in [0.25, 0.3) is 0 Å². The van der Waals surface area contributed by atoms with E-state index in [1.165, 1.54) is 47.1 Å². The highest BCUT2D eigenvalue weighted by Crippen LogP contribution is 2.36. The van der Waals surface area contributed by atoms with Gasteiger partial charge in [-0.3, -0.25) is 14.4 Å². The molecular weight excluding hydrogens is 410 g/mol. The first kappa shape index (κ1) is 22.0. The molecule has 0 spiro atoms. The summed E-state index contributed by atoms with van der Waals surface area (Å²) in [6.45, 7) is 5.75. The van der Waals surface area contributed by atoms with Crippen LogP contribution in [0.15, 0.2) is 48.5 Å². The number of hydrogen-bond donors (Lipinski definition) is 1. The van der Waals surface area contributed by atoms with Crippen molar-refractivity contribution in [1.82, 2.24) is 14.7 Å². The molecule has 1 aliphatic carbocycles. The van der Waals surface area contributed by atoms with E-state index in [4.69, 9.17) is 10.8 Å². The minimum Gasteiger partial charge on any atom is -0.370 e. The lowest BCUT2D eigenvalue weighted by atomic mass is 9.93. The molecular formula is C27H35N5O. The number of aromatic nitrogens is 2. The van der Waals surface area contributed by atoms with Crippen molar-refractivity contribution in [3.8, 4) is 0 Å². The third-order valence-electron chi connectivity index (χ3n) is 7.45. The highest BCUT2D eigenvalue weighted by Gasteiger charge is 2.29. The van der Waals surface area contributed by atoms with Crippen molar-refractivity contribution in [1.29, 1.82) is 0 Å². The Kier molecular flexibility index (Phi) is 6.36. The second-order valence-corrected chi connectivity index (χ2v) is 9.57. The number of nitrogens with two attached hydrogens (primary N) is 1. The van der Waals surface area contributed by atoms with Crippen molar-refractivity contribution in [2.75, 3.05) is 31.1 Å². The summed E-state index contributed by atoms with van der Waals surface area (Å²) in [5, 5.41) is 6.29. The third-order valence-corrected chi connectivity index (χ3v) is 7.45. The van der Waals surface area contributed by atoms with Crippen LogP contribution in [0.25, 0.3) is 10.9 Å². The zero-order valence-corrected chi connectivity index (χ0v) is 19.6. The minimum absolute atomic E-state index is 0.225. The van der Waals surface area contributed by atoms with Crippen molar-refractivity contribution in [3.05, 3.63) is 59.8 Å². The molecule has 1 saturated carbocycles. The molecule has 1 atom stereocenters. The van der Waals surface area contributed by atoms with Gasteiger partial charge >= 0.3 is 0 Å². The molecule has 2 heterocycles. The fourth-order valence-electron chi connectivity index (χ4n) is 5.31. The normalized spacial score (nSPS) is 19.7. The number of hydrogen-bond acceptors (Lipinski definition) is 4. The van der Waals surface area contributed by atoms with Crippen LogP contribution in [0.3, 0.4) is 0 Å². The molecule has 1 unspecified atom stereocenters. The standard InChI is InChI=1S/C27H35N5O/c1-2-25-24-12-11-22(18-26(24)32(29-25)21-9-6-10-21)31-16-15-30(14-13-27(28)33)23(19-31)17-20-7-4-3-5-8-20/h3-5,7-8,11-12,18,21,23H,2,6,9-10,13-17,19H2,1H3,(H2,28,33). The number of nitrogens with zero attached hydrogens (tertiary/aromatic N) is 4. The predicted octanol–water partition coefficient (Wildman–Crippen LogP) is 3.93. The van der Waals surface area contributed by atoms with E-state index in [1.54, 1.807) is 0 Å². The number of aryl methyl sites for hydroxylation is 1. The van der Waals surface area contributed by atoms with Crippen molar-refractivity contribution in [2.45, 2.75) is 57.5 Å². The Hall–Kier alpha value is -2.86. The Bertz CT molecular complexity index is 1100. The summed E-state index contributed by atoms with van der Waals surface area (Å²) in [7, 11) is 0. The molecule has 2 N–H and O–H groups in total. The Morgan fingerprint density at radius 1 is 1.12 bits per heavy atom. The van der Waals surface area contributed by atoms with Crippen LogP contribution < -0.4 is 10.6 Å². The Balaban J connectivity index is 1.40. The van der Waals surface area contributed by atoms with Crippen molar-refractivity contribution in [3.63, 3.8) is 0 Å². The van der Waals surface area contributed by atoms with Gasteiger partial charge in [-0.15, -0.1) is 0 Å². The topological polar surface area (TPSA) is 67.4 Å². The summed E-state index contributed by atoms with van der Waals surface area (Å²) >= 11 is 0. The van der Waals surface area contributed by atoms with Crippen LogP contribution in [0.2, 0.25) is 0 Å².